The van der Waals surface area contributed by atoms with Gasteiger partial charge in [0.15, 0.2) is 0 Å². The fourth-order valence-corrected chi connectivity index (χ4v) is 4.17. The van der Waals surface area contributed by atoms with E-state index in [0.29, 0.717) is 23.7 Å². The highest BCUT2D eigenvalue weighted by molar-refractivity contribution is 7.92. The molecule has 3 rings (SSSR count). The first-order valence-corrected chi connectivity index (χ1v) is 10.8. The Morgan fingerprint density at radius 3 is 2.47 bits per heavy atom. The van der Waals surface area contributed by atoms with Crippen LogP contribution in [0.1, 0.15) is 10.4 Å². The van der Waals surface area contributed by atoms with E-state index in [9.17, 15) is 13.2 Å². The molecule has 0 aromatic heterocycles. The molecule has 0 saturated heterocycles. The SMILES string of the molecule is C=CCOc1cccc(NC(=O)c2ccc(Cl)c(S(=O)(=O)Nc3ccccc3)c2)c1. The predicted octanol–water partition coefficient (Wildman–Crippen LogP) is 4.96. The number of sulfonamides is 1. The van der Waals surface area contributed by atoms with E-state index in [4.69, 9.17) is 16.3 Å². The molecule has 3 aromatic carbocycles. The van der Waals surface area contributed by atoms with E-state index in [1.807, 2.05) is 0 Å². The van der Waals surface area contributed by atoms with E-state index in [0.717, 1.165) is 0 Å². The lowest BCUT2D eigenvalue weighted by Gasteiger charge is -2.12. The van der Waals surface area contributed by atoms with Crippen molar-refractivity contribution < 1.29 is 17.9 Å². The number of nitrogens with one attached hydrogen (secondary N) is 2. The maximum atomic E-state index is 12.7. The Morgan fingerprint density at radius 2 is 1.73 bits per heavy atom. The molecule has 0 aliphatic rings. The number of hydrogen-bond donors (Lipinski definition) is 2. The van der Waals surface area contributed by atoms with E-state index in [-0.39, 0.29) is 15.5 Å². The summed E-state index contributed by atoms with van der Waals surface area (Å²) >= 11 is 6.11. The predicted molar refractivity (Wildman–Crippen MR) is 119 cm³/mol. The lowest BCUT2D eigenvalue weighted by atomic mass is 10.2. The van der Waals surface area contributed by atoms with Gasteiger partial charge in [-0.3, -0.25) is 9.52 Å². The van der Waals surface area contributed by atoms with E-state index in [2.05, 4.69) is 16.6 Å². The minimum Gasteiger partial charge on any atom is -0.489 e. The molecule has 0 radical (unpaired) electrons. The van der Waals surface area contributed by atoms with Crippen LogP contribution in [0.4, 0.5) is 11.4 Å². The molecule has 0 aliphatic carbocycles. The zero-order valence-electron chi connectivity index (χ0n) is 15.8. The van der Waals surface area contributed by atoms with Crippen molar-refractivity contribution in [2.45, 2.75) is 4.90 Å². The topological polar surface area (TPSA) is 84.5 Å². The summed E-state index contributed by atoms with van der Waals surface area (Å²) in [7, 11) is -3.98. The molecule has 154 valence electrons. The number of hydrogen-bond acceptors (Lipinski definition) is 4. The number of carbonyl (C=O) groups excluding carboxylic acids is 1. The van der Waals surface area contributed by atoms with Crippen molar-refractivity contribution in [2.24, 2.45) is 0 Å². The van der Waals surface area contributed by atoms with E-state index in [1.54, 1.807) is 60.7 Å². The molecule has 30 heavy (non-hydrogen) atoms. The second-order valence-corrected chi connectivity index (χ2v) is 8.26. The van der Waals surface area contributed by atoms with Gasteiger partial charge in [-0.25, -0.2) is 8.42 Å². The Bertz CT molecular complexity index is 1160. The zero-order chi connectivity index (χ0) is 21.6. The summed E-state index contributed by atoms with van der Waals surface area (Å²) in [6, 6.07) is 19.3. The first kappa shape index (κ1) is 21.4. The maximum Gasteiger partial charge on any atom is 0.263 e. The van der Waals surface area contributed by atoms with Crippen molar-refractivity contribution in [3.8, 4) is 5.75 Å². The van der Waals surface area contributed by atoms with Gasteiger partial charge in [0.25, 0.3) is 15.9 Å². The largest absolute Gasteiger partial charge is 0.489 e. The maximum absolute atomic E-state index is 12.7. The van der Waals surface area contributed by atoms with Crippen molar-refractivity contribution >= 4 is 38.9 Å². The van der Waals surface area contributed by atoms with Crippen LogP contribution in [0.15, 0.2) is 90.3 Å². The Labute approximate surface area is 180 Å². The fraction of sp³-hybridized carbons (Fsp3) is 0.0455. The Kier molecular flexibility index (Phi) is 6.76. The number of rotatable bonds is 8. The summed E-state index contributed by atoms with van der Waals surface area (Å²) in [5, 5.41) is 2.73. The Balaban J connectivity index is 1.82. The smallest absolute Gasteiger partial charge is 0.263 e. The van der Waals surface area contributed by atoms with Gasteiger partial charge in [-0.05, 0) is 42.5 Å². The molecule has 0 fully saturated rings. The average molecular weight is 443 g/mol. The second-order valence-electron chi connectivity index (χ2n) is 6.20. The number of anilines is 2. The number of carbonyl (C=O) groups is 1. The van der Waals surface area contributed by atoms with Crippen LogP contribution in [0.2, 0.25) is 5.02 Å². The van der Waals surface area contributed by atoms with Crippen LogP contribution in [0.25, 0.3) is 0 Å². The van der Waals surface area contributed by atoms with Gasteiger partial charge >= 0.3 is 0 Å². The molecule has 6 nitrogen and oxygen atoms in total. The van der Waals surface area contributed by atoms with Crippen molar-refractivity contribution in [2.75, 3.05) is 16.6 Å². The van der Waals surface area contributed by atoms with Gasteiger partial charge in [0, 0.05) is 23.0 Å². The first-order chi connectivity index (χ1) is 14.4. The van der Waals surface area contributed by atoms with Crippen LogP contribution in [0.5, 0.6) is 5.75 Å². The minimum atomic E-state index is -3.98. The van der Waals surface area contributed by atoms with Crippen LogP contribution < -0.4 is 14.8 Å². The van der Waals surface area contributed by atoms with Crippen LogP contribution in [0.3, 0.4) is 0 Å². The average Bonchev–Trinajstić information content (AvgIpc) is 2.73. The molecule has 8 heteroatoms. The molecule has 0 aliphatic heterocycles. The van der Waals surface area contributed by atoms with Crippen molar-refractivity contribution in [1.29, 1.82) is 0 Å². The lowest BCUT2D eigenvalue weighted by Crippen LogP contribution is -2.16. The highest BCUT2D eigenvalue weighted by Gasteiger charge is 2.20. The summed E-state index contributed by atoms with van der Waals surface area (Å²) < 4.78 is 33.4. The highest BCUT2D eigenvalue weighted by atomic mass is 35.5. The third-order valence-electron chi connectivity index (χ3n) is 3.97. The van der Waals surface area contributed by atoms with Crippen LogP contribution in [-0.4, -0.2) is 20.9 Å². The third-order valence-corrected chi connectivity index (χ3v) is 5.83. The summed E-state index contributed by atoms with van der Waals surface area (Å²) in [5.74, 6) is 0.0860. The molecule has 3 aromatic rings. The van der Waals surface area contributed by atoms with Gasteiger partial charge in [0.2, 0.25) is 0 Å². The number of ether oxygens (including phenoxy) is 1. The number of halogens is 1. The van der Waals surface area contributed by atoms with Gasteiger partial charge in [0.05, 0.1) is 5.02 Å². The summed E-state index contributed by atoms with van der Waals surface area (Å²) in [6.07, 6.45) is 1.62. The quantitative estimate of drug-likeness (QED) is 0.483. The normalized spacial score (nSPS) is 10.8. The highest BCUT2D eigenvalue weighted by Crippen LogP contribution is 2.26. The van der Waals surface area contributed by atoms with Crippen LogP contribution in [0, 0.1) is 0 Å². The van der Waals surface area contributed by atoms with Crippen molar-refractivity contribution in [3.63, 3.8) is 0 Å². The number of benzene rings is 3. The molecule has 2 N–H and O–H groups in total. The van der Waals surface area contributed by atoms with Gasteiger partial charge in [-0.15, -0.1) is 0 Å². The fourth-order valence-electron chi connectivity index (χ4n) is 2.59. The molecule has 0 saturated carbocycles. The summed E-state index contributed by atoms with van der Waals surface area (Å²) in [4.78, 5) is 12.5. The Morgan fingerprint density at radius 1 is 1.00 bits per heavy atom. The molecule has 0 heterocycles. The third kappa shape index (κ3) is 5.40. The molecule has 1 amide bonds. The van der Waals surface area contributed by atoms with E-state index >= 15 is 0 Å². The summed E-state index contributed by atoms with van der Waals surface area (Å²) in [6.45, 7) is 3.93. The van der Waals surface area contributed by atoms with Crippen molar-refractivity contribution in [1.82, 2.24) is 0 Å². The van der Waals surface area contributed by atoms with Gasteiger partial charge in [-0.1, -0.05) is 48.5 Å². The second kappa shape index (κ2) is 9.47. The molecule has 0 unspecified atom stereocenters. The molecule has 0 spiro atoms. The molecule has 0 atom stereocenters. The first-order valence-electron chi connectivity index (χ1n) is 8.91. The summed E-state index contributed by atoms with van der Waals surface area (Å²) in [5.41, 5.74) is 1.04. The molecular weight excluding hydrogens is 424 g/mol. The Hall–Kier alpha value is -3.29. The zero-order valence-corrected chi connectivity index (χ0v) is 17.4. The van der Waals surface area contributed by atoms with Crippen LogP contribution in [-0.2, 0) is 10.0 Å². The monoisotopic (exact) mass is 442 g/mol. The molecule has 0 bridgehead atoms. The minimum absolute atomic E-state index is 0.00908. The molecular formula is C22H19ClN2O4S. The van der Waals surface area contributed by atoms with Gasteiger partial charge < -0.3 is 10.1 Å². The number of amides is 1. The van der Waals surface area contributed by atoms with Gasteiger partial charge in [-0.2, -0.15) is 0 Å². The van der Waals surface area contributed by atoms with E-state index in [1.165, 1.54) is 18.2 Å². The van der Waals surface area contributed by atoms with E-state index < -0.39 is 15.9 Å². The standard InChI is InChI=1S/C22H19ClN2O4S/c1-2-13-29-19-10-6-9-18(15-19)24-22(26)16-11-12-20(23)21(14-16)30(27,28)25-17-7-4-3-5-8-17/h2-12,14-15,25H,1,13H2,(H,24,26). The lowest BCUT2D eigenvalue weighted by molar-refractivity contribution is 0.102. The van der Waals surface area contributed by atoms with Gasteiger partial charge in [0.1, 0.15) is 17.3 Å². The van der Waals surface area contributed by atoms with Crippen LogP contribution >= 0.6 is 11.6 Å². The number of para-hydroxylation sites is 1. The van der Waals surface area contributed by atoms with Crippen molar-refractivity contribution in [3.05, 3.63) is 96.0 Å².